The first-order chi connectivity index (χ1) is 7.59. The van der Waals surface area contributed by atoms with E-state index < -0.39 is 0 Å². The van der Waals surface area contributed by atoms with Gasteiger partial charge in [0.25, 0.3) is 0 Å². The van der Waals surface area contributed by atoms with Crippen LogP contribution in [0.15, 0.2) is 24.3 Å². The quantitative estimate of drug-likeness (QED) is 0.480. The summed E-state index contributed by atoms with van der Waals surface area (Å²) in [6.45, 7) is 2.85. The SMILES string of the molecule is CC(=O)Oc1[se]c2ccccc2c1C(C)=O. The molecule has 3 nitrogen and oxygen atoms in total. The number of hydrogen-bond donors (Lipinski definition) is 0. The van der Waals surface area contributed by atoms with Crippen molar-refractivity contribution in [2.45, 2.75) is 13.8 Å². The van der Waals surface area contributed by atoms with Crippen LogP contribution in [0.4, 0.5) is 0 Å². The van der Waals surface area contributed by atoms with Crippen LogP contribution in [0.5, 0.6) is 4.62 Å². The molecular weight excluding hydrogens is 271 g/mol. The third-order valence-electron chi connectivity index (χ3n) is 2.15. The molecule has 82 valence electrons. The van der Waals surface area contributed by atoms with E-state index in [0.717, 1.165) is 9.65 Å². The van der Waals surface area contributed by atoms with Crippen LogP contribution < -0.4 is 4.74 Å². The zero-order chi connectivity index (χ0) is 11.7. The van der Waals surface area contributed by atoms with Gasteiger partial charge in [0.2, 0.25) is 0 Å². The van der Waals surface area contributed by atoms with Crippen molar-refractivity contribution in [1.82, 2.24) is 0 Å². The first-order valence-electron chi connectivity index (χ1n) is 4.80. The molecule has 1 aromatic heterocycles. The van der Waals surface area contributed by atoms with E-state index >= 15 is 0 Å². The Labute approximate surface area is 98.8 Å². The van der Waals surface area contributed by atoms with Crippen LogP contribution in [0.3, 0.4) is 0 Å². The second-order valence-electron chi connectivity index (χ2n) is 3.41. The van der Waals surface area contributed by atoms with Gasteiger partial charge in [-0.15, -0.1) is 0 Å². The first-order valence-corrected chi connectivity index (χ1v) is 6.52. The predicted octanol–water partition coefficient (Wildman–Crippen LogP) is 2.02. The van der Waals surface area contributed by atoms with E-state index in [4.69, 9.17) is 4.74 Å². The van der Waals surface area contributed by atoms with Crippen molar-refractivity contribution in [3.05, 3.63) is 29.8 Å². The van der Waals surface area contributed by atoms with Crippen molar-refractivity contribution >= 4 is 35.9 Å². The van der Waals surface area contributed by atoms with Gasteiger partial charge in [0, 0.05) is 0 Å². The molecule has 0 unspecified atom stereocenters. The molecule has 1 heterocycles. The molecule has 4 heteroatoms. The summed E-state index contributed by atoms with van der Waals surface area (Å²) in [5, 5.41) is 0.909. The average Bonchev–Trinajstić information content (AvgIpc) is 2.53. The second-order valence-corrected chi connectivity index (χ2v) is 5.54. The molecule has 0 N–H and O–H groups in total. The number of ketones is 1. The summed E-state index contributed by atoms with van der Waals surface area (Å²) >= 11 is -0.0801. The standard InChI is InChI=1S/C12H10O3Se/c1-7(13)11-9-5-3-4-6-10(9)16-12(11)15-8(2)14/h3-6H,1-2H3. The molecule has 1 aromatic carbocycles. The number of esters is 1. The van der Waals surface area contributed by atoms with Gasteiger partial charge in [0.15, 0.2) is 0 Å². The van der Waals surface area contributed by atoms with Crippen LogP contribution >= 0.6 is 0 Å². The van der Waals surface area contributed by atoms with E-state index in [1.165, 1.54) is 13.8 Å². The monoisotopic (exact) mass is 282 g/mol. The molecule has 16 heavy (non-hydrogen) atoms. The van der Waals surface area contributed by atoms with Crippen molar-refractivity contribution in [2.75, 3.05) is 0 Å². The Balaban J connectivity index is 2.68. The first kappa shape index (κ1) is 11.1. The Bertz CT molecular complexity index is 569. The number of fused-ring (bicyclic) bond motifs is 1. The van der Waals surface area contributed by atoms with Crippen LogP contribution in [0, 0.1) is 0 Å². The minimum atomic E-state index is -0.372. The molecule has 2 aromatic rings. The van der Waals surface area contributed by atoms with Gasteiger partial charge in [-0.1, -0.05) is 0 Å². The summed E-state index contributed by atoms with van der Waals surface area (Å²) < 4.78 is 6.75. The molecule has 0 saturated heterocycles. The third-order valence-corrected chi connectivity index (χ3v) is 4.35. The molecule has 0 aliphatic heterocycles. The summed E-state index contributed by atoms with van der Waals surface area (Å²) in [4.78, 5) is 22.5. The molecule has 0 saturated carbocycles. The average molecular weight is 281 g/mol. The Kier molecular flexibility index (Phi) is 2.94. The van der Waals surface area contributed by atoms with Crippen molar-refractivity contribution in [3.8, 4) is 4.62 Å². The summed E-state index contributed by atoms with van der Waals surface area (Å²) in [7, 11) is 0. The van der Waals surface area contributed by atoms with Gasteiger partial charge >= 0.3 is 98.5 Å². The number of benzene rings is 1. The predicted molar refractivity (Wildman–Crippen MR) is 62.2 cm³/mol. The van der Waals surface area contributed by atoms with Crippen molar-refractivity contribution in [3.63, 3.8) is 0 Å². The van der Waals surface area contributed by atoms with Gasteiger partial charge in [-0.05, 0) is 0 Å². The van der Waals surface area contributed by atoms with Crippen LogP contribution in [0.1, 0.15) is 24.2 Å². The maximum absolute atomic E-state index is 11.6. The third kappa shape index (κ3) is 1.94. The van der Waals surface area contributed by atoms with E-state index in [0.29, 0.717) is 10.2 Å². The van der Waals surface area contributed by atoms with Gasteiger partial charge < -0.3 is 0 Å². The maximum atomic E-state index is 11.6. The van der Waals surface area contributed by atoms with Crippen LogP contribution in [0.2, 0.25) is 0 Å². The van der Waals surface area contributed by atoms with E-state index in [1.807, 2.05) is 24.3 Å². The van der Waals surface area contributed by atoms with Gasteiger partial charge in [0.05, 0.1) is 0 Å². The molecule has 0 atom stereocenters. The van der Waals surface area contributed by atoms with Crippen molar-refractivity contribution < 1.29 is 14.3 Å². The molecule has 0 aliphatic rings. The van der Waals surface area contributed by atoms with Crippen LogP contribution in [0.25, 0.3) is 9.65 Å². The molecule has 0 bridgehead atoms. The van der Waals surface area contributed by atoms with Crippen molar-refractivity contribution in [2.24, 2.45) is 0 Å². The normalized spacial score (nSPS) is 10.4. The van der Waals surface area contributed by atoms with Gasteiger partial charge in [-0.25, -0.2) is 0 Å². The number of carbonyl (C=O) groups is 2. The Morgan fingerprint density at radius 1 is 1.19 bits per heavy atom. The van der Waals surface area contributed by atoms with Gasteiger partial charge in [0.1, 0.15) is 0 Å². The molecule has 0 fully saturated rings. The van der Waals surface area contributed by atoms with Crippen molar-refractivity contribution in [1.29, 1.82) is 0 Å². The molecular formula is C12H10O3Se. The van der Waals surface area contributed by atoms with E-state index in [-0.39, 0.29) is 26.3 Å². The Hall–Kier alpha value is -1.38. The van der Waals surface area contributed by atoms with Gasteiger partial charge in [-0.2, -0.15) is 0 Å². The Morgan fingerprint density at radius 3 is 2.50 bits per heavy atom. The zero-order valence-corrected chi connectivity index (χ0v) is 10.7. The number of hydrogen-bond acceptors (Lipinski definition) is 3. The Morgan fingerprint density at radius 2 is 1.88 bits per heavy atom. The number of ether oxygens (including phenoxy) is 1. The fourth-order valence-corrected chi connectivity index (χ4v) is 3.95. The van der Waals surface area contributed by atoms with Crippen LogP contribution in [-0.2, 0) is 4.79 Å². The van der Waals surface area contributed by atoms with Gasteiger partial charge in [-0.3, -0.25) is 0 Å². The number of rotatable bonds is 2. The molecule has 2 rings (SSSR count). The second kappa shape index (κ2) is 4.24. The van der Waals surface area contributed by atoms with E-state index in [1.54, 1.807) is 0 Å². The zero-order valence-electron chi connectivity index (χ0n) is 8.94. The van der Waals surface area contributed by atoms with E-state index in [9.17, 15) is 9.59 Å². The fourth-order valence-electron chi connectivity index (χ4n) is 1.56. The minimum absolute atomic E-state index is 0.0527. The molecule has 0 aliphatic carbocycles. The number of Topliss-reactive ketones (excluding diaryl/α,β-unsaturated/α-hetero) is 1. The van der Waals surface area contributed by atoms with Crippen LogP contribution in [-0.4, -0.2) is 26.3 Å². The number of carbonyl (C=O) groups excluding carboxylic acids is 2. The molecule has 0 radical (unpaired) electrons. The summed E-state index contributed by atoms with van der Waals surface area (Å²) in [6.07, 6.45) is 0. The molecule has 0 spiro atoms. The fraction of sp³-hybridized carbons (Fsp3) is 0.167. The summed E-state index contributed by atoms with van der Waals surface area (Å²) in [5.41, 5.74) is 0.561. The van der Waals surface area contributed by atoms with E-state index in [2.05, 4.69) is 0 Å². The topological polar surface area (TPSA) is 43.4 Å². The molecule has 0 amide bonds. The summed E-state index contributed by atoms with van der Waals surface area (Å²) in [6, 6.07) is 7.67. The summed E-state index contributed by atoms with van der Waals surface area (Å²) in [5.74, 6) is -0.425.